The first kappa shape index (κ1) is 26.3. The normalized spacial score (nSPS) is 14.4. The number of aromatic nitrogens is 3. The Labute approximate surface area is 225 Å². The smallest absolute Gasteiger partial charge is 0.276 e. The van der Waals surface area contributed by atoms with Gasteiger partial charge in [-0.3, -0.25) is 14.2 Å². The van der Waals surface area contributed by atoms with Gasteiger partial charge in [-0.25, -0.2) is 21.8 Å². The molecule has 0 atom stereocenters. The molecule has 1 aliphatic rings. The molecular weight excluding hydrogens is 544 g/mol. The van der Waals surface area contributed by atoms with E-state index < -0.39 is 20.0 Å². The highest BCUT2D eigenvalue weighted by atomic mass is 32.2. The van der Waals surface area contributed by atoms with Crippen LogP contribution >= 0.6 is 0 Å². The molecule has 1 saturated carbocycles. The Morgan fingerprint density at radius 3 is 2.28 bits per heavy atom. The lowest BCUT2D eigenvalue weighted by Crippen LogP contribution is -2.21. The molecule has 39 heavy (non-hydrogen) atoms. The molecule has 0 radical (unpaired) electrons. The molecule has 2 aromatic carbocycles. The van der Waals surface area contributed by atoms with Gasteiger partial charge in [0.15, 0.2) is 0 Å². The minimum absolute atomic E-state index is 0.0103. The van der Waals surface area contributed by atoms with Crippen molar-refractivity contribution in [3.63, 3.8) is 0 Å². The maximum atomic E-state index is 13.0. The Morgan fingerprint density at radius 2 is 1.59 bits per heavy atom. The maximum absolute atomic E-state index is 13.0. The summed E-state index contributed by atoms with van der Waals surface area (Å²) in [5, 5.41) is 6.75. The van der Waals surface area contributed by atoms with Crippen LogP contribution in [-0.4, -0.2) is 44.1 Å². The molecule has 0 unspecified atom stereocenters. The van der Waals surface area contributed by atoms with Crippen LogP contribution in [0.1, 0.15) is 19.8 Å². The van der Waals surface area contributed by atoms with Gasteiger partial charge in [-0.15, -0.1) is 0 Å². The molecule has 12 nitrogen and oxygen atoms in total. The lowest BCUT2D eigenvalue weighted by atomic mass is 10.1. The molecule has 2 aromatic heterocycles. The van der Waals surface area contributed by atoms with E-state index in [1.54, 1.807) is 36.4 Å². The molecule has 1 fully saturated rings. The van der Waals surface area contributed by atoms with Crippen LogP contribution in [0.5, 0.6) is 0 Å². The highest BCUT2D eigenvalue weighted by Crippen LogP contribution is 2.45. The zero-order valence-electron chi connectivity index (χ0n) is 20.9. The van der Waals surface area contributed by atoms with Crippen LogP contribution in [0.4, 0.5) is 17.2 Å². The summed E-state index contributed by atoms with van der Waals surface area (Å²) in [6.45, 7) is 1.89. The van der Waals surface area contributed by atoms with Crippen molar-refractivity contribution in [3.8, 4) is 23.0 Å². The summed E-state index contributed by atoms with van der Waals surface area (Å²) >= 11 is 0. The van der Waals surface area contributed by atoms with Crippen LogP contribution in [0.15, 0.2) is 76.1 Å². The Bertz CT molecular complexity index is 1760. The summed E-state index contributed by atoms with van der Waals surface area (Å²) in [7, 11) is -7.43. The van der Waals surface area contributed by atoms with Crippen molar-refractivity contribution in [2.75, 3.05) is 21.0 Å². The third-order valence-corrected chi connectivity index (χ3v) is 8.00. The summed E-state index contributed by atoms with van der Waals surface area (Å²) < 4.78 is 58.9. The summed E-state index contributed by atoms with van der Waals surface area (Å²) in [6, 6.07) is 17.0. The molecule has 14 heteroatoms. The fourth-order valence-electron chi connectivity index (χ4n) is 3.60. The number of anilines is 3. The van der Waals surface area contributed by atoms with Gasteiger partial charge in [-0.2, -0.15) is 4.98 Å². The average Bonchev–Trinajstić information content (AvgIpc) is 3.43. The lowest BCUT2D eigenvalue weighted by Gasteiger charge is -2.12. The van der Waals surface area contributed by atoms with Gasteiger partial charge >= 0.3 is 0 Å². The fourth-order valence-corrected chi connectivity index (χ4v) is 5.14. The van der Waals surface area contributed by atoms with Gasteiger partial charge in [0.25, 0.3) is 15.9 Å². The van der Waals surface area contributed by atoms with Gasteiger partial charge in [0.1, 0.15) is 11.5 Å². The van der Waals surface area contributed by atoms with Crippen molar-refractivity contribution >= 4 is 43.1 Å². The van der Waals surface area contributed by atoms with Crippen LogP contribution in [-0.2, 0) is 24.8 Å². The summed E-state index contributed by atoms with van der Waals surface area (Å²) in [5.41, 5.74) is 1.21. The molecule has 0 saturated heterocycles. The second-order valence-electron chi connectivity index (χ2n) is 9.43. The Balaban J connectivity index is 1.29. The van der Waals surface area contributed by atoms with Gasteiger partial charge in [-0.1, -0.05) is 24.2 Å². The summed E-state index contributed by atoms with van der Waals surface area (Å²) in [4.78, 5) is 20.8. The summed E-state index contributed by atoms with van der Waals surface area (Å²) in [5.74, 6) is 0.264. The van der Waals surface area contributed by atoms with Crippen molar-refractivity contribution in [1.82, 2.24) is 15.1 Å². The molecule has 1 amide bonds. The molecule has 4 aromatic rings. The van der Waals surface area contributed by atoms with E-state index in [4.69, 9.17) is 4.52 Å². The van der Waals surface area contributed by atoms with Gasteiger partial charge in [0, 0.05) is 16.7 Å². The maximum Gasteiger partial charge on any atom is 0.276 e. The average molecular weight is 569 g/mol. The third-order valence-electron chi connectivity index (χ3n) is 6.03. The highest BCUT2D eigenvalue weighted by molar-refractivity contribution is 7.92. The predicted octanol–water partition coefficient (Wildman–Crippen LogP) is 3.71. The summed E-state index contributed by atoms with van der Waals surface area (Å²) in [6.07, 6.45) is 2.68. The molecule has 0 spiro atoms. The number of hydrogen-bond donors (Lipinski definition) is 3. The molecule has 0 bridgehead atoms. The van der Waals surface area contributed by atoms with E-state index in [9.17, 15) is 21.6 Å². The third kappa shape index (κ3) is 6.23. The quantitative estimate of drug-likeness (QED) is 0.272. The Morgan fingerprint density at radius 1 is 0.897 bits per heavy atom. The first-order valence-electron chi connectivity index (χ1n) is 11.7. The predicted molar refractivity (Wildman–Crippen MR) is 145 cm³/mol. The number of amides is 1. The number of rotatable bonds is 9. The first-order chi connectivity index (χ1) is 18.4. The Kier molecular flexibility index (Phi) is 6.60. The van der Waals surface area contributed by atoms with Gasteiger partial charge in [-0.05, 0) is 67.4 Å². The molecular formula is C25H24N6O6S2. The topological polar surface area (TPSA) is 173 Å². The standard InChI is InChI=1S/C25H24N6O6S2/c1-25(13-14-25)24(32)26-17-5-3-6-18(15-17)30-39(35,36)19-11-9-16(10-12-19)22-28-23(37-29-22)20-7-4-8-21(27-20)31-38(2,33)34/h3-12,15,30H,13-14H2,1-2H3,(H,26,32)(H,27,31). The molecule has 3 N–H and O–H groups in total. The minimum Gasteiger partial charge on any atom is -0.332 e. The van der Waals surface area contributed by atoms with Crippen LogP contribution in [0.2, 0.25) is 0 Å². The number of nitrogens with zero attached hydrogens (tertiary/aromatic N) is 3. The van der Waals surface area contributed by atoms with Crippen LogP contribution < -0.4 is 14.8 Å². The van der Waals surface area contributed by atoms with Crippen molar-refractivity contribution in [3.05, 3.63) is 66.7 Å². The highest BCUT2D eigenvalue weighted by Gasteiger charge is 2.44. The zero-order chi connectivity index (χ0) is 27.8. The van der Waals surface area contributed by atoms with Gasteiger partial charge in [0.05, 0.1) is 16.8 Å². The second kappa shape index (κ2) is 9.78. The van der Waals surface area contributed by atoms with Crippen molar-refractivity contribution in [2.45, 2.75) is 24.7 Å². The fraction of sp³-hybridized carbons (Fsp3) is 0.200. The van der Waals surface area contributed by atoms with Crippen molar-refractivity contribution in [1.29, 1.82) is 0 Å². The minimum atomic E-state index is -3.92. The first-order valence-corrected chi connectivity index (χ1v) is 15.1. The van der Waals surface area contributed by atoms with Gasteiger partial charge < -0.3 is 9.84 Å². The molecule has 1 aliphatic carbocycles. The van der Waals surface area contributed by atoms with Crippen LogP contribution in [0.3, 0.4) is 0 Å². The van der Waals surface area contributed by atoms with E-state index in [1.165, 1.54) is 30.3 Å². The number of hydrogen-bond acceptors (Lipinski definition) is 9. The number of sulfonamides is 2. The molecule has 2 heterocycles. The van der Waals surface area contributed by atoms with E-state index in [2.05, 4.69) is 29.9 Å². The SMILES string of the molecule is CC1(C(=O)Nc2cccc(NS(=O)(=O)c3ccc(-c4noc(-c5cccc(NS(C)(=O)=O)n5)n4)cc3)c2)CC1. The number of carbonyl (C=O) groups is 1. The lowest BCUT2D eigenvalue weighted by molar-refractivity contribution is -0.120. The monoisotopic (exact) mass is 568 g/mol. The Hall–Kier alpha value is -4.30. The molecule has 202 valence electrons. The van der Waals surface area contributed by atoms with E-state index >= 15 is 0 Å². The molecule has 0 aliphatic heterocycles. The van der Waals surface area contributed by atoms with Crippen LogP contribution in [0, 0.1) is 5.41 Å². The van der Waals surface area contributed by atoms with Gasteiger partial charge in [0.2, 0.25) is 21.8 Å². The number of nitrogens with one attached hydrogen (secondary N) is 3. The van der Waals surface area contributed by atoms with Crippen molar-refractivity contribution < 1.29 is 26.2 Å². The molecule has 5 rings (SSSR count). The van der Waals surface area contributed by atoms with E-state index in [1.807, 2.05) is 6.92 Å². The van der Waals surface area contributed by atoms with Crippen molar-refractivity contribution in [2.24, 2.45) is 5.41 Å². The van der Waals surface area contributed by atoms with E-state index in [-0.39, 0.29) is 39.4 Å². The second-order valence-corrected chi connectivity index (χ2v) is 12.9. The zero-order valence-corrected chi connectivity index (χ0v) is 22.5. The number of benzene rings is 2. The largest absolute Gasteiger partial charge is 0.332 e. The van der Waals surface area contributed by atoms with E-state index in [0.29, 0.717) is 16.9 Å². The number of carbonyl (C=O) groups excluding carboxylic acids is 1. The van der Waals surface area contributed by atoms with Crippen LogP contribution in [0.25, 0.3) is 23.0 Å². The number of pyridine rings is 1. The van der Waals surface area contributed by atoms with E-state index in [0.717, 1.165) is 19.1 Å².